The second-order valence-corrected chi connectivity index (χ2v) is 7.44. The number of anilines is 1. The van der Waals surface area contributed by atoms with E-state index in [9.17, 15) is 4.79 Å². The minimum absolute atomic E-state index is 0.366. The second-order valence-electron chi connectivity index (χ2n) is 7.44. The van der Waals surface area contributed by atoms with Crippen molar-refractivity contribution in [3.05, 3.63) is 29.0 Å². The molecule has 1 aromatic heterocycles. The van der Waals surface area contributed by atoms with Gasteiger partial charge in [-0.2, -0.15) is 4.68 Å². The predicted octanol–water partition coefficient (Wildman–Crippen LogP) is 2.33. The van der Waals surface area contributed by atoms with Crippen LogP contribution in [0, 0.1) is 0 Å². The lowest BCUT2D eigenvalue weighted by molar-refractivity contribution is -0.150. The Hall–Kier alpha value is -3.30. The normalized spacial score (nSPS) is 16.0. The van der Waals surface area contributed by atoms with E-state index in [-0.39, 0.29) is 0 Å². The number of rotatable bonds is 5. The number of carbonyl (C=O) groups excluding carboxylic acids is 1. The Morgan fingerprint density at radius 1 is 1.10 bits per heavy atom. The van der Waals surface area contributed by atoms with Gasteiger partial charge in [-0.05, 0) is 50.3 Å². The third-order valence-corrected chi connectivity index (χ3v) is 4.36. The number of hydrogen-bond acceptors (Lipinski definition) is 9. The Bertz CT molecular complexity index is 960. The number of benzene rings is 1. The van der Waals surface area contributed by atoms with Crippen molar-refractivity contribution >= 4 is 11.9 Å². The Morgan fingerprint density at radius 3 is 2.38 bits per heavy atom. The lowest BCUT2D eigenvalue weighted by atomic mass is 9.94. The van der Waals surface area contributed by atoms with Crippen LogP contribution in [-0.2, 0) is 9.53 Å². The fourth-order valence-corrected chi connectivity index (χ4v) is 3.24. The standard InChI is InChI=1S/C19H25N5O5/c1-10-13(17(25)29-19(2,3)4)14(24-18(20-10)21-22-23-24)11-8-9-12(26-5)16(28-7)15(11)27-6/h8-9,14H,1-7H3,(H,20,21,23)/t14-/m1/s1. The highest BCUT2D eigenvalue weighted by molar-refractivity contribution is 5.93. The lowest BCUT2D eigenvalue weighted by Crippen LogP contribution is -2.33. The number of tetrazole rings is 1. The van der Waals surface area contributed by atoms with Gasteiger partial charge in [-0.25, -0.2) is 4.79 Å². The largest absolute Gasteiger partial charge is 0.493 e. The number of nitrogens with zero attached hydrogens (tertiary/aromatic N) is 4. The van der Waals surface area contributed by atoms with Crippen LogP contribution in [0.3, 0.4) is 0 Å². The average molecular weight is 403 g/mol. The van der Waals surface area contributed by atoms with Crippen molar-refractivity contribution in [2.24, 2.45) is 0 Å². The highest BCUT2D eigenvalue weighted by Gasteiger charge is 2.38. The molecule has 10 heteroatoms. The quantitative estimate of drug-likeness (QED) is 0.752. The summed E-state index contributed by atoms with van der Waals surface area (Å²) >= 11 is 0. The maximum Gasteiger partial charge on any atom is 0.338 e. The summed E-state index contributed by atoms with van der Waals surface area (Å²) < 4.78 is 23.7. The monoisotopic (exact) mass is 403 g/mol. The van der Waals surface area contributed by atoms with Crippen LogP contribution in [0.5, 0.6) is 17.2 Å². The lowest BCUT2D eigenvalue weighted by Gasteiger charge is -2.30. The van der Waals surface area contributed by atoms with E-state index in [0.29, 0.717) is 40.0 Å². The zero-order valence-electron chi connectivity index (χ0n) is 17.6. The van der Waals surface area contributed by atoms with Crippen LogP contribution in [0.25, 0.3) is 0 Å². The third kappa shape index (κ3) is 3.69. The molecule has 0 fully saturated rings. The molecule has 1 aliphatic rings. The maximum absolute atomic E-state index is 13.1. The first kappa shape index (κ1) is 20.4. The van der Waals surface area contributed by atoms with Gasteiger partial charge in [0.25, 0.3) is 0 Å². The summed E-state index contributed by atoms with van der Waals surface area (Å²) in [5.74, 6) is 1.23. The molecule has 0 spiro atoms. The van der Waals surface area contributed by atoms with E-state index in [1.165, 1.54) is 26.0 Å². The van der Waals surface area contributed by atoms with Crippen LogP contribution in [0.4, 0.5) is 5.95 Å². The Kier molecular flexibility index (Phi) is 5.36. The maximum atomic E-state index is 13.1. The zero-order chi connectivity index (χ0) is 21.3. The van der Waals surface area contributed by atoms with E-state index in [0.717, 1.165) is 0 Å². The molecule has 1 aromatic carbocycles. The van der Waals surface area contributed by atoms with Crippen molar-refractivity contribution in [2.75, 3.05) is 26.6 Å². The topological polar surface area (TPSA) is 110 Å². The van der Waals surface area contributed by atoms with Gasteiger partial charge in [-0.1, -0.05) is 5.10 Å². The van der Waals surface area contributed by atoms with Crippen molar-refractivity contribution < 1.29 is 23.7 Å². The van der Waals surface area contributed by atoms with E-state index >= 15 is 0 Å². The van der Waals surface area contributed by atoms with Gasteiger partial charge < -0.3 is 24.3 Å². The molecule has 0 saturated carbocycles. The summed E-state index contributed by atoms with van der Waals surface area (Å²) in [5.41, 5.74) is 0.909. The minimum Gasteiger partial charge on any atom is -0.493 e. The van der Waals surface area contributed by atoms with Crippen LogP contribution >= 0.6 is 0 Å². The van der Waals surface area contributed by atoms with Crippen LogP contribution < -0.4 is 19.5 Å². The smallest absolute Gasteiger partial charge is 0.338 e. The van der Waals surface area contributed by atoms with Crippen molar-refractivity contribution in [3.63, 3.8) is 0 Å². The molecule has 2 aromatic rings. The number of esters is 1. The zero-order valence-corrected chi connectivity index (χ0v) is 17.6. The van der Waals surface area contributed by atoms with Crippen molar-refractivity contribution in [1.29, 1.82) is 0 Å². The van der Waals surface area contributed by atoms with Gasteiger partial charge in [-0.3, -0.25) is 0 Å². The SMILES string of the molecule is COc1ccc([C@@H]2C(C(=O)OC(C)(C)C)=C(C)Nc3nnnn32)c(OC)c1OC. The van der Waals surface area contributed by atoms with Gasteiger partial charge >= 0.3 is 5.97 Å². The molecular weight excluding hydrogens is 378 g/mol. The van der Waals surface area contributed by atoms with Gasteiger partial charge in [-0.15, -0.1) is 0 Å². The molecule has 1 atom stereocenters. The molecule has 2 heterocycles. The van der Waals surface area contributed by atoms with E-state index < -0.39 is 17.6 Å². The van der Waals surface area contributed by atoms with Crippen molar-refractivity contribution in [3.8, 4) is 17.2 Å². The number of ether oxygens (including phenoxy) is 4. The summed E-state index contributed by atoms with van der Waals surface area (Å²) in [6.07, 6.45) is 0. The van der Waals surface area contributed by atoms with E-state index in [1.807, 2.05) is 20.8 Å². The summed E-state index contributed by atoms with van der Waals surface area (Å²) in [6, 6.07) is 2.84. The highest BCUT2D eigenvalue weighted by Crippen LogP contribution is 2.46. The van der Waals surface area contributed by atoms with Crippen LogP contribution in [0.1, 0.15) is 39.3 Å². The predicted molar refractivity (Wildman–Crippen MR) is 104 cm³/mol. The molecule has 29 heavy (non-hydrogen) atoms. The van der Waals surface area contributed by atoms with Gasteiger partial charge in [0.1, 0.15) is 11.6 Å². The molecular formula is C19H25N5O5. The molecule has 10 nitrogen and oxygen atoms in total. The molecule has 0 radical (unpaired) electrons. The van der Waals surface area contributed by atoms with Crippen molar-refractivity contribution in [1.82, 2.24) is 20.2 Å². The third-order valence-electron chi connectivity index (χ3n) is 4.36. The Morgan fingerprint density at radius 2 is 1.79 bits per heavy atom. The first-order chi connectivity index (χ1) is 13.7. The molecule has 156 valence electrons. The fraction of sp³-hybridized carbons (Fsp3) is 0.474. The van der Waals surface area contributed by atoms with E-state index in [4.69, 9.17) is 18.9 Å². The number of methoxy groups -OCH3 is 3. The number of aromatic nitrogens is 4. The minimum atomic E-state index is -0.689. The van der Waals surface area contributed by atoms with Crippen molar-refractivity contribution in [2.45, 2.75) is 39.3 Å². The molecule has 3 rings (SSSR count). The number of hydrogen-bond donors (Lipinski definition) is 1. The Labute approximate surface area is 168 Å². The first-order valence-electron chi connectivity index (χ1n) is 8.99. The summed E-state index contributed by atoms with van der Waals surface area (Å²) in [7, 11) is 4.58. The van der Waals surface area contributed by atoms with Crippen LogP contribution in [0.2, 0.25) is 0 Å². The molecule has 0 aliphatic carbocycles. The molecule has 1 aliphatic heterocycles. The molecule has 0 amide bonds. The van der Waals surface area contributed by atoms with E-state index in [1.54, 1.807) is 19.1 Å². The van der Waals surface area contributed by atoms with Gasteiger partial charge in [0.05, 0.1) is 26.9 Å². The molecule has 0 unspecified atom stereocenters. The summed E-state index contributed by atoms with van der Waals surface area (Å²) in [5, 5.41) is 14.9. The van der Waals surface area contributed by atoms with Gasteiger partial charge in [0.15, 0.2) is 11.5 Å². The molecule has 0 bridgehead atoms. The first-order valence-corrected chi connectivity index (χ1v) is 8.99. The number of nitrogens with one attached hydrogen (secondary N) is 1. The van der Waals surface area contributed by atoms with Gasteiger partial charge in [0.2, 0.25) is 11.7 Å². The number of fused-ring (bicyclic) bond motifs is 1. The van der Waals surface area contributed by atoms with Gasteiger partial charge in [0, 0.05) is 11.3 Å². The second kappa shape index (κ2) is 7.61. The summed E-state index contributed by atoms with van der Waals surface area (Å²) in [6.45, 7) is 7.21. The fourth-order valence-electron chi connectivity index (χ4n) is 3.24. The summed E-state index contributed by atoms with van der Waals surface area (Å²) in [4.78, 5) is 13.1. The molecule has 0 saturated heterocycles. The Balaban J connectivity index is 2.23. The average Bonchev–Trinajstić information content (AvgIpc) is 3.11. The van der Waals surface area contributed by atoms with E-state index in [2.05, 4.69) is 20.8 Å². The molecule has 1 N–H and O–H groups in total. The number of carbonyl (C=O) groups is 1. The van der Waals surface area contributed by atoms with Crippen LogP contribution in [-0.4, -0.2) is 53.1 Å². The van der Waals surface area contributed by atoms with Crippen LogP contribution in [0.15, 0.2) is 23.4 Å². The number of allylic oxidation sites excluding steroid dienone is 1. The highest BCUT2D eigenvalue weighted by atomic mass is 16.6.